The van der Waals surface area contributed by atoms with E-state index in [9.17, 15) is 4.79 Å². The normalized spacial score (nSPS) is 17.6. The van der Waals surface area contributed by atoms with E-state index in [0.29, 0.717) is 13.1 Å². The minimum absolute atomic E-state index is 0.0375. The van der Waals surface area contributed by atoms with Gasteiger partial charge in [0.05, 0.1) is 25.9 Å². The summed E-state index contributed by atoms with van der Waals surface area (Å²) >= 11 is 0. The molecule has 1 fully saturated rings. The molecule has 5 nitrogen and oxygen atoms in total. The Balaban J connectivity index is 1.58. The van der Waals surface area contributed by atoms with E-state index in [0.717, 1.165) is 30.8 Å². The van der Waals surface area contributed by atoms with Crippen molar-refractivity contribution in [1.29, 1.82) is 0 Å². The maximum atomic E-state index is 12.3. The van der Waals surface area contributed by atoms with E-state index in [4.69, 9.17) is 4.74 Å². The Bertz CT molecular complexity index is 675. The van der Waals surface area contributed by atoms with Crippen LogP contribution in [0.5, 0.6) is 5.75 Å². The molecule has 0 radical (unpaired) electrons. The Kier molecular flexibility index (Phi) is 5.43. The van der Waals surface area contributed by atoms with E-state index in [1.165, 1.54) is 5.56 Å². The molecule has 0 aliphatic carbocycles. The highest BCUT2D eigenvalue weighted by atomic mass is 16.5. The largest absolute Gasteiger partial charge is 0.497 e. The Morgan fingerprint density at radius 1 is 1.33 bits per heavy atom. The van der Waals surface area contributed by atoms with Crippen molar-refractivity contribution >= 4 is 5.91 Å². The fourth-order valence-electron chi connectivity index (χ4n) is 3.17. The summed E-state index contributed by atoms with van der Waals surface area (Å²) < 4.78 is 5.31. The first-order valence-electron chi connectivity index (χ1n) is 8.31. The smallest absolute Gasteiger partial charge is 0.234 e. The number of amides is 1. The van der Waals surface area contributed by atoms with Crippen molar-refractivity contribution in [3.8, 4) is 5.75 Å². The maximum Gasteiger partial charge on any atom is 0.234 e. The molecule has 1 saturated heterocycles. The molecular weight excluding hydrogens is 302 g/mol. The highest BCUT2D eigenvalue weighted by Crippen LogP contribution is 2.32. The standard InChI is InChI=1S/C19H23N3O2/c1-24-17-8-4-6-15(12-17)18-9-5-11-22(18)14-19(23)21-13-16-7-2-3-10-20-16/h2-4,6-8,10,12,18H,5,9,11,13-14H2,1H3,(H,21,23)/t18-/m0/s1. The molecule has 0 bridgehead atoms. The molecule has 2 aromatic rings. The van der Waals surface area contributed by atoms with Crippen LogP contribution < -0.4 is 10.1 Å². The molecule has 0 spiro atoms. The monoisotopic (exact) mass is 325 g/mol. The number of likely N-dealkylation sites (tertiary alicyclic amines) is 1. The van der Waals surface area contributed by atoms with Crippen LogP contribution in [0.3, 0.4) is 0 Å². The summed E-state index contributed by atoms with van der Waals surface area (Å²) in [5.41, 5.74) is 2.08. The van der Waals surface area contributed by atoms with Gasteiger partial charge in [-0.25, -0.2) is 0 Å². The van der Waals surface area contributed by atoms with Crippen LogP contribution in [-0.4, -0.2) is 36.0 Å². The van der Waals surface area contributed by atoms with Gasteiger partial charge in [-0.2, -0.15) is 0 Å². The first-order valence-corrected chi connectivity index (χ1v) is 8.31. The Morgan fingerprint density at radius 2 is 2.25 bits per heavy atom. The molecule has 1 aromatic heterocycles. The third kappa shape index (κ3) is 4.11. The molecule has 3 rings (SSSR count). The number of aromatic nitrogens is 1. The van der Waals surface area contributed by atoms with Crippen molar-refractivity contribution in [2.75, 3.05) is 20.2 Å². The summed E-state index contributed by atoms with van der Waals surface area (Å²) in [5, 5.41) is 2.95. The summed E-state index contributed by atoms with van der Waals surface area (Å²) in [7, 11) is 1.68. The van der Waals surface area contributed by atoms with E-state index < -0.39 is 0 Å². The highest BCUT2D eigenvalue weighted by Gasteiger charge is 2.27. The molecule has 24 heavy (non-hydrogen) atoms. The van der Waals surface area contributed by atoms with Crippen LogP contribution in [0.25, 0.3) is 0 Å². The lowest BCUT2D eigenvalue weighted by molar-refractivity contribution is -0.122. The van der Waals surface area contributed by atoms with E-state index in [1.54, 1.807) is 13.3 Å². The van der Waals surface area contributed by atoms with Crippen molar-refractivity contribution in [3.63, 3.8) is 0 Å². The van der Waals surface area contributed by atoms with Crippen molar-refractivity contribution in [1.82, 2.24) is 15.2 Å². The second kappa shape index (κ2) is 7.93. The van der Waals surface area contributed by atoms with Crippen LogP contribution in [0.1, 0.15) is 30.1 Å². The van der Waals surface area contributed by atoms with Crippen LogP contribution in [0.15, 0.2) is 48.7 Å². The second-order valence-electron chi connectivity index (χ2n) is 6.00. The Morgan fingerprint density at radius 3 is 3.04 bits per heavy atom. The Hall–Kier alpha value is -2.40. The molecule has 1 aromatic carbocycles. The molecule has 1 aliphatic rings. The molecule has 1 aliphatic heterocycles. The first kappa shape index (κ1) is 16.5. The predicted molar refractivity (Wildman–Crippen MR) is 92.6 cm³/mol. The number of nitrogens with one attached hydrogen (secondary N) is 1. The number of carbonyl (C=O) groups excluding carboxylic acids is 1. The molecule has 1 atom stereocenters. The van der Waals surface area contributed by atoms with Crippen molar-refractivity contribution in [3.05, 3.63) is 59.9 Å². The lowest BCUT2D eigenvalue weighted by atomic mass is 10.0. The number of rotatable bonds is 6. The Labute approximate surface area is 142 Å². The van der Waals surface area contributed by atoms with Gasteiger partial charge in [-0.05, 0) is 49.2 Å². The van der Waals surface area contributed by atoms with Crippen LogP contribution >= 0.6 is 0 Å². The lowest BCUT2D eigenvalue weighted by Gasteiger charge is -2.24. The number of hydrogen-bond acceptors (Lipinski definition) is 4. The van der Waals surface area contributed by atoms with Crippen LogP contribution in [0, 0.1) is 0 Å². The van der Waals surface area contributed by atoms with Gasteiger partial charge < -0.3 is 10.1 Å². The highest BCUT2D eigenvalue weighted by molar-refractivity contribution is 5.78. The van der Waals surface area contributed by atoms with Gasteiger partial charge in [0, 0.05) is 12.2 Å². The molecular formula is C19H23N3O2. The molecule has 0 saturated carbocycles. The van der Waals surface area contributed by atoms with Crippen molar-refractivity contribution < 1.29 is 9.53 Å². The van der Waals surface area contributed by atoms with Crippen LogP contribution in [0.4, 0.5) is 0 Å². The van der Waals surface area contributed by atoms with E-state index in [1.807, 2.05) is 30.3 Å². The summed E-state index contributed by atoms with van der Waals surface area (Å²) in [6.45, 7) is 1.82. The summed E-state index contributed by atoms with van der Waals surface area (Å²) in [6.07, 6.45) is 3.91. The zero-order valence-electron chi connectivity index (χ0n) is 13.9. The zero-order chi connectivity index (χ0) is 16.8. The third-order valence-electron chi connectivity index (χ3n) is 4.38. The van der Waals surface area contributed by atoms with Gasteiger partial charge in [0.2, 0.25) is 5.91 Å². The van der Waals surface area contributed by atoms with Gasteiger partial charge >= 0.3 is 0 Å². The number of hydrogen-bond donors (Lipinski definition) is 1. The van der Waals surface area contributed by atoms with Gasteiger partial charge in [0.1, 0.15) is 5.75 Å². The number of ether oxygens (including phenoxy) is 1. The molecule has 1 amide bonds. The fourth-order valence-corrected chi connectivity index (χ4v) is 3.17. The van der Waals surface area contributed by atoms with Crippen LogP contribution in [0.2, 0.25) is 0 Å². The van der Waals surface area contributed by atoms with Crippen LogP contribution in [-0.2, 0) is 11.3 Å². The lowest BCUT2D eigenvalue weighted by Crippen LogP contribution is -2.36. The number of methoxy groups -OCH3 is 1. The number of carbonyl (C=O) groups is 1. The second-order valence-corrected chi connectivity index (χ2v) is 6.00. The molecule has 2 heterocycles. The van der Waals surface area contributed by atoms with Gasteiger partial charge in [0.15, 0.2) is 0 Å². The van der Waals surface area contributed by atoms with Gasteiger partial charge in [-0.1, -0.05) is 18.2 Å². The SMILES string of the molecule is COc1cccc([C@@H]2CCCN2CC(=O)NCc2ccccn2)c1. The summed E-state index contributed by atoms with van der Waals surface area (Å²) in [4.78, 5) is 18.7. The number of pyridine rings is 1. The fraction of sp³-hybridized carbons (Fsp3) is 0.368. The van der Waals surface area contributed by atoms with Crippen molar-refractivity contribution in [2.45, 2.75) is 25.4 Å². The topological polar surface area (TPSA) is 54.5 Å². The maximum absolute atomic E-state index is 12.3. The van der Waals surface area contributed by atoms with Gasteiger partial charge in [0.25, 0.3) is 0 Å². The first-order chi connectivity index (χ1) is 11.8. The summed E-state index contributed by atoms with van der Waals surface area (Å²) in [5.74, 6) is 0.898. The zero-order valence-corrected chi connectivity index (χ0v) is 13.9. The molecule has 126 valence electrons. The predicted octanol–water partition coefficient (Wildman–Crippen LogP) is 2.54. The molecule has 5 heteroatoms. The third-order valence-corrected chi connectivity index (χ3v) is 4.38. The number of nitrogens with zero attached hydrogens (tertiary/aromatic N) is 2. The minimum Gasteiger partial charge on any atom is -0.497 e. The average Bonchev–Trinajstić information content (AvgIpc) is 3.09. The number of benzene rings is 1. The van der Waals surface area contributed by atoms with E-state index >= 15 is 0 Å². The quantitative estimate of drug-likeness (QED) is 0.887. The summed E-state index contributed by atoms with van der Waals surface area (Å²) in [6, 6.07) is 14.1. The van der Waals surface area contributed by atoms with E-state index in [-0.39, 0.29) is 11.9 Å². The average molecular weight is 325 g/mol. The molecule has 1 N–H and O–H groups in total. The van der Waals surface area contributed by atoms with Gasteiger partial charge in [-0.3, -0.25) is 14.7 Å². The molecule has 0 unspecified atom stereocenters. The minimum atomic E-state index is 0.0375. The van der Waals surface area contributed by atoms with Crippen molar-refractivity contribution in [2.24, 2.45) is 0 Å². The van der Waals surface area contributed by atoms with Gasteiger partial charge in [-0.15, -0.1) is 0 Å². The van der Waals surface area contributed by atoms with E-state index in [2.05, 4.69) is 27.3 Å².